The number of carbonyl (C=O) groups excluding carboxylic acids is 6. The van der Waals surface area contributed by atoms with E-state index < -0.39 is 68.3 Å². The van der Waals surface area contributed by atoms with Gasteiger partial charge in [0.25, 0.3) is 0 Å². The molecule has 5 aromatic rings. The van der Waals surface area contributed by atoms with Crippen molar-refractivity contribution in [3.05, 3.63) is 89.3 Å². The second kappa shape index (κ2) is 17.6. The van der Waals surface area contributed by atoms with Crippen molar-refractivity contribution in [2.75, 3.05) is 16.0 Å². The molecule has 20 nitrogen and oxygen atoms in total. The van der Waals surface area contributed by atoms with Gasteiger partial charge in [0.2, 0.25) is 15.9 Å². The number of amides is 5. The third-order valence-electron chi connectivity index (χ3n) is 8.73. The highest BCUT2D eigenvalue weighted by Crippen LogP contribution is 2.29. The summed E-state index contributed by atoms with van der Waals surface area (Å²) >= 11 is 6.18. The third-order valence-corrected chi connectivity index (χ3v) is 10.8. The zero-order valence-corrected chi connectivity index (χ0v) is 35.9. The van der Waals surface area contributed by atoms with Crippen molar-refractivity contribution in [3.8, 4) is 5.69 Å². The van der Waals surface area contributed by atoms with Gasteiger partial charge in [-0.25, -0.2) is 32.1 Å². The number of anilines is 3. The van der Waals surface area contributed by atoms with Crippen LogP contribution in [0.1, 0.15) is 70.4 Å². The summed E-state index contributed by atoms with van der Waals surface area (Å²) in [5, 5.41) is 21.1. The van der Waals surface area contributed by atoms with Crippen molar-refractivity contribution in [3.63, 3.8) is 0 Å². The molecule has 1 saturated carbocycles. The minimum Gasteiger partial charge on any atom is -0.455 e. The lowest BCUT2D eigenvalue weighted by Gasteiger charge is -2.22. The monoisotopic (exact) mass is 890 g/mol. The first kappa shape index (κ1) is 44.7. The number of urea groups is 1. The number of halogens is 1. The Hall–Kier alpha value is -6.87. The topological polar surface area (TPSA) is 264 Å². The normalized spacial score (nSPS) is 13.4. The van der Waals surface area contributed by atoms with E-state index in [-0.39, 0.29) is 45.4 Å². The van der Waals surface area contributed by atoms with Crippen LogP contribution in [-0.4, -0.2) is 91.5 Å². The number of aromatic nitrogens is 5. The average Bonchev–Trinajstić information content (AvgIpc) is 3.77. The van der Waals surface area contributed by atoms with Crippen LogP contribution in [0, 0.1) is 0 Å². The number of carbonyl (C=O) groups is 6. The molecular weight excluding hydrogens is 848 g/mol. The minimum atomic E-state index is -3.79. The van der Waals surface area contributed by atoms with E-state index in [2.05, 4.69) is 36.8 Å². The van der Waals surface area contributed by atoms with E-state index in [1.807, 2.05) is 4.72 Å². The number of sulfonamides is 1. The van der Waals surface area contributed by atoms with E-state index in [9.17, 15) is 37.2 Å². The lowest BCUT2D eigenvalue weighted by atomic mass is 10.0. The van der Waals surface area contributed by atoms with Crippen LogP contribution < -0.4 is 26.0 Å². The Morgan fingerprint density at radius 1 is 0.823 bits per heavy atom. The highest BCUT2D eigenvalue weighted by Gasteiger charge is 2.37. The van der Waals surface area contributed by atoms with Gasteiger partial charge in [-0.1, -0.05) is 23.7 Å². The van der Waals surface area contributed by atoms with Gasteiger partial charge in [-0.3, -0.25) is 14.4 Å². The number of hydrogen-bond acceptors (Lipinski definition) is 13. The van der Waals surface area contributed by atoms with Gasteiger partial charge in [-0.2, -0.15) is 4.68 Å². The highest BCUT2D eigenvalue weighted by atomic mass is 35.5. The Labute approximate surface area is 360 Å². The Morgan fingerprint density at radius 3 is 2.13 bits per heavy atom. The van der Waals surface area contributed by atoms with Gasteiger partial charge in [-0.15, -0.1) is 5.10 Å². The lowest BCUT2D eigenvalue weighted by molar-refractivity contribution is -0.137. The van der Waals surface area contributed by atoms with Gasteiger partial charge in [0.1, 0.15) is 29.3 Å². The molecule has 1 fully saturated rings. The molecule has 2 heterocycles. The number of esters is 1. The van der Waals surface area contributed by atoms with Crippen molar-refractivity contribution in [1.82, 2.24) is 34.8 Å². The van der Waals surface area contributed by atoms with Crippen LogP contribution in [0.4, 0.5) is 26.7 Å². The molecule has 0 spiro atoms. The van der Waals surface area contributed by atoms with Gasteiger partial charge in [0.05, 0.1) is 22.1 Å². The number of tetrazole rings is 1. The molecule has 0 aliphatic heterocycles. The molecule has 3 aromatic carbocycles. The zero-order chi connectivity index (χ0) is 45.1. The quantitative estimate of drug-likeness (QED) is 0.0872. The standard InChI is InChI=1S/C40H43ClN10O10S/c1-39(2,3)60-36(55)32-19-23-18-26(12-16-30(23)51(32)38(57)61-40(4,5)6)43-33(52)29(17-22-7-10-25(11-8-22)44-37(56)47-62(58,59)27-13-14-27)46-35(54)34(53)45-28-20-24(41)9-15-31(28)50-21-42-48-49-50/h7-12,15-16,18-21,27,29H,13-14,17H2,1-6H3,(H,43,52)(H,45,53)(H,46,54)(H2,44,47,56)/t29-/m0/s1. The first-order valence-electron chi connectivity index (χ1n) is 19.0. The van der Waals surface area contributed by atoms with E-state index in [1.165, 1.54) is 77.7 Å². The maximum Gasteiger partial charge on any atom is 0.419 e. The first-order valence-corrected chi connectivity index (χ1v) is 21.0. The van der Waals surface area contributed by atoms with Crippen LogP contribution >= 0.6 is 11.6 Å². The predicted octanol–water partition coefficient (Wildman–Crippen LogP) is 4.93. The Kier molecular flexibility index (Phi) is 12.7. The molecule has 0 saturated heterocycles. The summed E-state index contributed by atoms with van der Waals surface area (Å²) in [5.74, 6) is -3.93. The summed E-state index contributed by atoms with van der Waals surface area (Å²) < 4.78 is 39.8. The molecule has 1 atom stereocenters. The van der Waals surface area contributed by atoms with Crippen molar-refractivity contribution in [2.24, 2.45) is 0 Å². The van der Waals surface area contributed by atoms with Gasteiger partial charge in [0, 0.05) is 28.2 Å². The molecule has 6 rings (SSSR count). The van der Waals surface area contributed by atoms with E-state index in [4.69, 9.17) is 21.1 Å². The van der Waals surface area contributed by atoms with Gasteiger partial charge in [-0.05, 0) is 125 Å². The Balaban J connectivity index is 1.26. The molecule has 1 aliphatic rings. The average molecular weight is 891 g/mol. The molecule has 22 heteroatoms. The number of hydrogen-bond donors (Lipinski definition) is 5. The molecule has 0 radical (unpaired) electrons. The number of nitrogens with one attached hydrogen (secondary N) is 5. The van der Waals surface area contributed by atoms with E-state index in [1.54, 1.807) is 41.5 Å². The summed E-state index contributed by atoms with van der Waals surface area (Å²) in [6.07, 6.45) is 1.19. The molecule has 5 N–H and O–H groups in total. The molecule has 0 bridgehead atoms. The molecule has 0 unspecified atom stereocenters. The molecule has 1 aliphatic carbocycles. The Morgan fingerprint density at radius 2 is 1.50 bits per heavy atom. The van der Waals surface area contributed by atoms with Crippen LogP contribution in [0.15, 0.2) is 73.1 Å². The summed E-state index contributed by atoms with van der Waals surface area (Å²) in [5.41, 5.74) is -0.381. The van der Waals surface area contributed by atoms with E-state index in [0.717, 1.165) is 4.57 Å². The summed E-state index contributed by atoms with van der Waals surface area (Å²) in [4.78, 5) is 80.0. The van der Waals surface area contributed by atoms with Crippen molar-refractivity contribution in [2.45, 2.75) is 83.3 Å². The SMILES string of the molecule is CC(C)(C)OC(=O)c1cc2cc(NC(=O)[C@H](Cc3ccc(NC(=O)NS(=O)(=O)C4CC4)cc3)NC(=O)C(=O)Nc3cc(Cl)ccc3-n3cnnn3)ccc2n1C(=O)OC(C)(C)C. The van der Waals surface area contributed by atoms with Crippen molar-refractivity contribution in [1.29, 1.82) is 0 Å². The minimum absolute atomic E-state index is 0.0837. The van der Waals surface area contributed by atoms with Crippen LogP contribution in [0.25, 0.3) is 16.6 Å². The lowest BCUT2D eigenvalue weighted by Crippen LogP contribution is -2.49. The smallest absolute Gasteiger partial charge is 0.419 e. The molecule has 5 amide bonds. The van der Waals surface area contributed by atoms with Crippen LogP contribution in [0.2, 0.25) is 5.02 Å². The van der Waals surface area contributed by atoms with Crippen molar-refractivity contribution < 1.29 is 46.7 Å². The molecular formula is C40H43ClN10O10S. The van der Waals surface area contributed by atoms with Crippen LogP contribution in [-0.2, 0) is 40.3 Å². The predicted molar refractivity (Wildman–Crippen MR) is 226 cm³/mol. The van der Waals surface area contributed by atoms with Gasteiger partial charge < -0.3 is 30.7 Å². The fraction of sp³-hybridized carbons (Fsp3) is 0.325. The maximum absolute atomic E-state index is 14.1. The fourth-order valence-electron chi connectivity index (χ4n) is 5.91. The second-order valence-corrected chi connectivity index (χ2v) is 18.6. The van der Waals surface area contributed by atoms with Crippen LogP contribution in [0.3, 0.4) is 0 Å². The van der Waals surface area contributed by atoms with Crippen LogP contribution in [0.5, 0.6) is 0 Å². The van der Waals surface area contributed by atoms with Gasteiger partial charge in [0.15, 0.2) is 0 Å². The van der Waals surface area contributed by atoms with E-state index in [0.29, 0.717) is 23.8 Å². The zero-order valence-electron chi connectivity index (χ0n) is 34.3. The largest absolute Gasteiger partial charge is 0.455 e. The second-order valence-electron chi connectivity index (χ2n) is 16.2. The fourth-order valence-corrected chi connectivity index (χ4v) is 7.31. The molecule has 326 valence electrons. The number of ether oxygens (including phenoxy) is 2. The molecule has 2 aromatic heterocycles. The number of rotatable bonds is 11. The number of fused-ring (bicyclic) bond motifs is 1. The maximum atomic E-state index is 14.1. The van der Waals surface area contributed by atoms with Gasteiger partial charge >= 0.3 is 29.9 Å². The summed E-state index contributed by atoms with van der Waals surface area (Å²) in [6.45, 7) is 10.1. The highest BCUT2D eigenvalue weighted by molar-refractivity contribution is 7.91. The number of nitrogens with zero attached hydrogens (tertiary/aromatic N) is 5. The van der Waals surface area contributed by atoms with Crippen molar-refractivity contribution >= 4 is 85.4 Å². The summed E-state index contributed by atoms with van der Waals surface area (Å²) in [6, 6.07) is 14.0. The third kappa shape index (κ3) is 11.5. The summed E-state index contributed by atoms with van der Waals surface area (Å²) in [7, 11) is -3.79. The number of benzene rings is 3. The first-order chi connectivity index (χ1) is 29.0. The van der Waals surface area contributed by atoms with E-state index >= 15 is 0 Å². The Bertz CT molecular complexity index is 2670. The molecule has 62 heavy (non-hydrogen) atoms.